The highest BCUT2D eigenvalue weighted by molar-refractivity contribution is 7.76. The van der Waals surface area contributed by atoms with E-state index < -0.39 is 6.16 Å². The largest absolute Gasteiger partial charge is 0.512 e. The van der Waals surface area contributed by atoms with Gasteiger partial charge in [-0.2, -0.15) is 0 Å². The summed E-state index contributed by atoms with van der Waals surface area (Å²) < 4.78 is 10.2. The Bertz CT molecular complexity index is 517. The molecule has 1 aliphatic rings. The Morgan fingerprint density at radius 2 is 2.00 bits per heavy atom. The number of hydrogen-bond acceptors (Lipinski definition) is 7. The van der Waals surface area contributed by atoms with E-state index in [0.717, 1.165) is 22.7 Å². The average molecular weight is 307 g/mol. The van der Waals surface area contributed by atoms with Crippen LogP contribution in [-0.4, -0.2) is 48.4 Å². The number of carbonyl (C=O) groups is 2. The Morgan fingerprint density at radius 3 is 2.61 bits per heavy atom. The maximum absolute atomic E-state index is 12.2. The molecular weight excluding hydrogens is 298 g/mol. The number of rotatable bonds is 2. The van der Waals surface area contributed by atoms with Gasteiger partial charge in [-0.05, 0) is 0 Å². The van der Waals surface area contributed by atoms with Gasteiger partial charge in [-0.25, -0.2) is 4.79 Å². The first kappa shape index (κ1) is 13.4. The highest BCUT2D eigenvalue weighted by atomic mass is 32.2. The Hall–Kier alpha value is -1.03. The third-order valence-electron chi connectivity index (χ3n) is 2.22. The predicted molar refractivity (Wildman–Crippen MR) is 68.4 cm³/mol. The normalized spacial score (nSPS) is 15.4. The van der Waals surface area contributed by atoms with Crippen LogP contribution in [0.4, 0.5) is 4.79 Å². The highest BCUT2D eigenvalue weighted by Gasteiger charge is 2.25. The lowest BCUT2D eigenvalue weighted by Crippen LogP contribution is -2.40. The average Bonchev–Trinajstić information content (AvgIpc) is 2.69. The van der Waals surface area contributed by atoms with Crippen LogP contribution >= 0.6 is 34.9 Å². The molecule has 2 heterocycles. The van der Waals surface area contributed by atoms with Gasteiger partial charge >= 0.3 is 6.16 Å². The monoisotopic (exact) mass is 307 g/mol. The second kappa shape index (κ2) is 5.74. The zero-order valence-electron chi connectivity index (χ0n) is 9.08. The van der Waals surface area contributed by atoms with Crippen molar-refractivity contribution in [3.63, 3.8) is 0 Å². The van der Waals surface area contributed by atoms with Crippen LogP contribution in [0.15, 0.2) is 0 Å². The van der Waals surface area contributed by atoms with Gasteiger partial charge in [0.2, 0.25) is 5.06 Å². The number of nitrogens with zero attached hydrogens (tertiary/aromatic N) is 1. The van der Waals surface area contributed by atoms with E-state index in [4.69, 9.17) is 22.1 Å². The molecule has 1 aromatic rings. The lowest BCUT2D eigenvalue weighted by molar-refractivity contribution is 0.0304. The molecule has 0 bridgehead atoms. The smallest absolute Gasteiger partial charge is 0.449 e. The van der Waals surface area contributed by atoms with Crippen molar-refractivity contribution < 1.29 is 24.2 Å². The van der Waals surface area contributed by atoms with E-state index in [1.54, 1.807) is 4.90 Å². The fraction of sp³-hybridized carbons (Fsp3) is 0.444. The predicted octanol–water partition coefficient (Wildman–Crippen LogP) is 2.07. The molecule has 2 rings (SSSR count). The molecule has 0 radical (unpaired) electrons. The maximum atomic E-state index is 12.2. The van der Waals surface area contributed by atoms with Crippen molar-refractivity contribution in [3.05, 3.63) is 8.01 Å². The molecule has 1 N–H and O–H groups in total. The minimum absolute atomic E-state index is 0.0500. The second-order valence-electron chi connectivity index (χ2n) is 3.34. The second-order valence-corrected chi connectivity index (χ2v) is 6.53. The van der Waals surface area contributed by atoms with Crippen molar-refractivity contribution in [2.45, 2.75) is 0 Å². The number of amides is 1. The summed E-state index contributed by atoms with van der Waals surface area (Å²) in [5.74, 6) is -0.257. The molecule has 9 heteroatoms. The molecule has 1 saturated heterocycles. The lowest BCUT2D eigenvalue weighted by atomic mass is 10.4. The van der Waals surface area contributed by atoms with Crippen LogP contribution in [0.25, 0.3) is 0 Å². The first-order chi connectivity index (χ1) is 8.58. The number of ether oxygens (including phenoxy) is 2. The molecule has 1 aromatic heterocycles. The standard InChI is InChI=1S/C9H9NO5S3/c11-6(10-1-3-14-4-2-10)5-7(15-8(12)13)18-9(16)17-5/h1-4H2,(H,12,13). The van der Waals surface area contributed by atoms with Crippen LogP contribution in [-0.2, 0) is 4.74 Å². The van der Waals surface area contributed by atoms with Crippen LogP contribution in [0.2, 0.25) is 0 Å². The van der Waals surface area contributed by atoms with Gasteiger partial charge in [0.15, 0.2) is 0 Å². The van der Waals surface area contributed by atoms with E-state index in [-0.39, 0.29) is 15.8 Å². The van der Waals surface area contributed by atoms with Gasteiger partial charge in [0.1, 0.15) is 8.01 Å². The van der Waals surface area contributed by atoms with Crippen molar-refractivity contribution in [1.82, 2.24) is 4.90 Å². The zero-order valence-corrected chi connectivity index (χ0v) is 11.5. The summed E-state index contributed by atoms with van der Waals surface area (Å²) in [6.45, 7) is 1.94. The quantitative estimate of drug-likeness (QED) is 0.666. The summed E-state index contributed by atoms with van der Waals surface area (Å²) in [5.41, 5.74) is 0. The van der Waals surface area contributed by atoms with Gasteiger partial charge in [-0.1, -0.05) is 23.6 Å². The number of carbonyl (C=O) groups excluding carboxylic acids is 1. The lowest BCUT2D eigenvalue weighted by Gasteiger charge is -2.26. The summed E-state index contributed by atoms with van der Waals surface area (Å²) in [4.78, 5) is 24.6. The van der Waals surface area contributed by atoms with Crippen LogP contribution in [0, 0.1) is 3.14 Å². The molecule has 6 nitrogen and oxygen atoms in total. The Labute approximate surface area is 115 Å². The molecule has 0 atom stereocenters. The SMILES string of the molecule is O=C(O)Oc1sc(=S)sc1C(=O)N1CCOCC1. The van der Waals surface area contributed by atoms with Crippen LogP contribution in [0.3, 0.4) is 0 Å². The molecule has 0 unspecified atom stereocenters. The van der Waals surface area contributed by atoms with Crippen LogP contribution in [0.1, 0.15) is 9.67 Å². The van der Waals surface area contributed by atoms with E-state index in [1.165, 1.54) is 0 Å². The Kier molecular flexibility index (Phi) is 4.27. The molecular formula is C9H9NO5S3. The third-order valence-corrected chi connectivity index (χ3v) is 4.72. The molecule has 0 aliphatic carbocycles. The minimum atomic E-state index is -1.45. The summed E-state index contributed by atoms with van der Waals surface area (Å²) in [7, 11) is 0. The summed E-state index contributed by atoms with van der Waals surface area (Å²) in [5, 5.41) is 8.65. The van der Waals surface area contributed by atoms with Crippen molar-refractivity contribution >= 4 is 47.0 Å². The Balaban J connectivity index is 2.23. The number of hydrogen-bond donors (Lipinski definition) is 1. The third kappa shape index (κ3) is 3.05. The van der Waals surface area contributed by atoms with E-state index in [1.807, 2.05) is 0 Å². The molecule has 0 spiro atoms. The highest BCUT2D eigenvalue weighted by Crippen LogP contribution is 2.34. The van der Waals surface area contributed by atoms with E-state index in [9.17, 15) is 9.59 Å². The molecule has 0 saturated carbocycles. The van der Waals surface area contributed by atoms with Gasteiger partial charge in [0, 0.05) is 13.1 Å². The molecule has 0 aromatic carbocycles. The minimum Gasteiger partial charge on any atom is -0.449 e. The van der Waals surface area contributed by atoms with Gasteiger partial charge in [-0.3, -0.25) is 4.79 Å². The van der Waals surface area contributed by atoms with E-state index in [0.29, 0.717) is 29.4 Å². The van der Waals surface area contributed by atoms with Gasteiger partial charge in [0.05, 0.1) is 13.2 Å². The summed E-state index contributed by atoms with van der Waals surface area (Å²) in [6, 6.07) is 0. The van der Waals surface area contributed by atoms with Crippen molar-refractivity contribution in [3.8, 4) is 5.06 Å². The summed E-state index contributed by atoms with van der Waals surface area (Å²) >= 11 is 7.02. The molecule has 18 heavy (non-hydrogen) atoms. The molecule has 98 valence electrons. The first-order valence-electron chi connectivity index (χ1n) is 4.99. The first-order valence-corrected chi connectivity index (χ1v) is 7.04. The molecule has 1 aliphatic heterocycles. The van der Waals surface area contributed by atoms with Gasteiger partial charge in [0.25, 0.3) is 5.91 Å². The molecule has 1 amide bonds. The van der Waals surface area contributed by atoms with E-state index >= 15 is 0 Å². The van der Waals surface area contributed by atoms with Crippen LogP contribution in [0.5, 0.6) is 5.06 Å². The van der Waals surface area contributed by atoms with Crippen LogP contribution < -0.4 is 4.74 Å². The maximum Gasteiger partial charge on any atom is 0.512 e. The fourth-order valence-electron chi connectivity index (χ4n) is 1.46. The van der Waals surface area contributed by atoms with Crippen molar-refractivity contribution in [2.75, 3.05) is 26.3 Å². The zero-order chi connectivity index (χ0) is 13.1. The van der Waals surface area contributed by atoms with Crippen molar-refractivity contribution in [1.29, 1.82) is 0 Å². The topological polar surface area (TPSA) is 76.1 Å². The molecule has 1 fully saturated rings. The van der Waals surface area contributed by atoms with Gasteiger partial charge in [-0.15, -0.1) is 11.3 Å². The number of morpholine rings is 1. The fourth-order valence-corrected chi connectivity index (χ4v) is 3.78. The Morgan fingerprint density at radius 1 is 1.33 bits per heavy atom. The van der Waals surface area contributed by atoms with Gasteiger partial charge < -0.3 is 19.5 Å². The van der Waals surface area contributed by atoms with E-state index in [2.05, 4.69) is 4.74 Å². The summed E-state index contributed by atoms with van der Waals surface area (Å²) in [6.07, 6.45) is -1.45. The van der Waals surface area contributed by atoms with Crippen molar-refractivity contribution in [2.24, 2.45) is 0 Å². The number of carboxylic acid groups (broad SMARTS) is 1.